The Kier molecular flexibility index (Phi) is 6.03. The molecule has 1 aliphatic carbocycles. The van der Waals surface area contributed by atoms with Gasteiger partial charge in [-0.25, -0.2) is 4.79 Å². The van der Waals surface area contributed by atoms with Gasteiger partial charge in [0.05, 0.1) is 0 Å². The molecule has 1 aliphatic rings. The molecule has 1 saturated carbocycles. The van der Waals surface area contributed by atoms with Crippen LogP contribution in [0.4, 0.5) is 4.79 Å². The second-order valence-corrected chi connectivity index (χ2v) is 5.98. The highest BCUT2D eigenvalue weighted by Gasteiger charge is 2.23. The standard InChI is InChI=1S/C12H24N2OS/c1-4-14(3)12(15)13-10-7-6-8-11(9-10)16-5-2/h10-11H,4-9H2,1-3H3,(H,13,15)/t10-,11-/m0/s1. The van der Waals surface area contributed by atoms with E-state index in [0.29, 0.717) is 6.04 Å². The summed E-state index contributed by atoms with van der Waals surface area (Å²) in [6, 6.07) is 0.467. The highest BCUT2D eigenvalue weighted by atomic mass is 32.2. The fraction of sp³-hybridized carbons (Fsp3) is 0.917. The van der Waals surface area contributed by atoms with Gasteiger partial charge >= 0.3 is 6.03 Å². The molecular weight excluding hydrogens is 220 g/mol. The van der Waals surface area contributed by atoms with Gasteiger partial charge in [-0.1, -0.05) is 13.3 Å². The van der Waals surface area contributed by atoms with Crippen molar-refractivity contribution in [2.24, 2.45) is 0 Å². The zero-order valence-electron chi connectivity index (χ0n) is 10.7. The Morgan fingerprint density at radius 3 is 2.81 bits per heavy atom. The molecule has 1 rings (SSSR count). The Bertz CT molecular complexity index is 221. The molecule has 0 spiro atoms. The number of carbonyl (C=O) groups is 1. The minimum absolute atomic E-state index is 0.0784. The third kappa shape index (κ3) is 4.24. The SMILES string of the molecule is CCS[C@H]1CCC[C@H](NC(=O)N(C)CC)C1. The largest absolute Gasteiger partial charge is 0.335 e. The number of rotatable bonds is 4. The van der Waals surface area contributed by atoms with E-state index in [0.717, 1.165) is 24.6 Å². The summed E-state index contributed by atoms with van der Waals surface area (Å²) in [5.41, 5.74) is 0. The maximum absolute atomic E-state index is 11.7. The molecule has 94 valence electrons. The monoisotopic (exact) mass is 244 g/mol. The smallest absolute Gasteiger partial charge is 0.317 e. The molecule has 0 bridgehead atoms. The molecule has 0 aromatic heterocycles. The number of nitrogens with zero attached hydrogens (tertiary/aromatic N) is 1. The summed E-state index contributed by atoms with van der Waals surface area (Å²) in [6.45, 7) is 4.97. The molecule has 2 atom stereocenters. The average Bonchev–Trinajstić information content (AvgIpc) is 2.29. The lowest BCUT2D eigenvalue weighted by atomic mass is 9.95. The first-order chi connectivity index (χ1) is 7.67. The highest BCUT2D eigenvalue weighted by molar-refractivity contribution is 7.99. The molecule has 0 aromatic rings. The van der Waals surface area contributed by atoms with Gasteiger partial charge in [0, 0.05) is 24.9 Å². The number of hydrogen-bond acceptors (Lipinski definition) is 2. The van der Waals surface area contributed by atoms with Crippen molar-refractivity contribution in [3.8, 4) is 0 Å². The summed E-state index contributed by atoms with van der Waals surface area (Å²) >= 11 is 2.03. The maximum atomic E-state index is 11.7. The van der Waals surface area contributed by atoms with Crippen LogP contribution in [0.2, 0.25) is 0 Å². The molecule has 0 saturated heterocycles. The van der Waals surface area contributed by atoms with Gasteiger partial charge in [0.2, 0.25) is 0 Å². The first kappa shape index (κ1) is 13.7. The van der Waals surface area contributed by atoms with Crippen LogP contribution in [0.15, 0.2) is 0 Å². The van der Waals surface area contributed by atoms with Gasteiger partial charge in [-0.2, -0.15) is 11.8 Å². The Balaban J connectivity index is 2.33. The van der Waals surface area contributed by atoms with Crippen molar-refractivity contribution in [3.05, 3.63) is 0 Å². The molecule has 0 unspecified atom stereocenters. The second-order valence-electron chi connectivity index (χ2n) is 4.40. The van der Waals surface area contributed by atoms with Crippen molar-refractivity contribution in [1.82, 2.24) is 10.2 Å². The summed E-state index contributed by atoms with van der Waals surface area (Å²) in [4.78, 5) is 13.4. The van der Waals surface area contributed by atoms with E-state index >= 15 is 0 Å². The van der Waals surface area contributed by atoms with Crippen molar-refractivity contribution in [1.29, 1.82) is 0 Å². The lowest BCUT2D eigenvalue weighted by molar-refractivity contribution is 0.203. The third-order valence-corrected chi connectivity index (χ3v) is 4.41. The van der Waals surface area contributed by atoms with Crippen LogP contribution in [0, 0.1) is 0 Å². The first-order valence-corrected chi connectivity index (χ1v) is 7.35. The highest BCUT2D eigenvalue weighted by Crippen LogP contribution is 2.28. The van der Waals surface area contributed by atoms with Gasteiger partial charge in [-0.05, 0) is 31.9 Å². The van der Waals surface area contributed by atoms with Crippen LogP contribution in [-0.2, 0) is 0 Å². The van der Waals surface area contributed by atoms with E-state index in [1.807, 2.05) is 25.7 Å². The molecule has 4 heteroatoms. The topological polar surface area (TPSA) is 32.3 Å². The number of thioether (sulfide) groups is 1. The number of hydrogen-bond donors (Lipinski definition) is 1. The van der Waals surface area contributed by atoms with E-state index in [2.05, 4.69) is 12.2 Å². The van der Waals surface area contributed by atoms with E-state index in [9.17, 15) is 4.79 Å². The molecule has 1 fully saturated rings. The Hall–Kier alpha value is -0.380. The van der Waals surface area contributed by atoms with Crippen LogP contribution in [-0.4, -0.2) is 41.6 Å². The summed E-state index contributed by atoms with van der Waals surface area (Å²) < 4.78 is 0. The van der Waals surface area contributed by atoms with Gasteiger partial charge < -0.3 is 10.2 Å². The van der Waals surface area contributed by atoms with Crippen LogP contribution in [0.25, 0.3) is 0 Å². The van der Waals surface area contributed by atoms with E-state index in [1.54, 1.807) is 4.90 Å². The molecular formula is C12H24N2OS. The molecule has 0 heterocycles. The number of amides is 2. The summed E-state index contributed by atoms with van der Waals surface area (Å²) in [5.74, 6) is 1.18. The third-order valence-electron chi connectivity index (χ3n) is 3.18. The quantitative estimate of drug-likeness (QED) is 0.824. The number of urea groups is 1. The predicted molar refractivity (Wildman–Crippen MR) is 71.0 cm³/mol. The molecule has 2 amide bonds. The van der Waals surface area contributed by atoms with Crippen LogP contribution >= 0.6 is 11.8 Å². The van der Waals surface area contributed by atoms with Crippen molar-refractivity contribution in [3.63, 3.8) is 0 Å². The molecule has 0 radical (unpaired) electrons. The molecule has 3 nitrogen and oxygen atoms in total. The molecule has 0 aliphatic heterocycles. The Labute approximate surface area is 103 Å². The fourth-order valence-corrected chi connectivity index (χ4v) is 3.26. The van der Waals surface area contributed by atoms with Gasteiger partial charge in [-0.15, -0.1) is 0 Å². The predicted octanol–water partition coefficient (Wildman–Crippen LogP) is 2.71. The lowest BCUT2D eigenvalue weighted by Gasteiger charge is -2.30. The van der Waals surface area contributed by atoms with E-state index in [1.165, 1.54) is 18.6 Å². The fourth-order valence-electron chi connectivity index (χ4n) is 2.09. The maximum Gasteiger partial charge on any atom is 0.317 e. The van der Waals surface area contributed by atoms with Crippen molar-refractivity contribution in [2.45, 2.75) is 50.8 Å². The van der Waals surface area contributed by atoms with Crippen LogP contribution < -0.4 is 5.32 Å². The number of carbonyl (C=O) groups excluding carboxylic acids is 1. The zero-order chi connectivity index (χ0) is 12.0. The molecule has 16 heavy (non-hydrogen) atoms. The molecule has 0 aromatic carbocycles. The normalized spacial score (nSPS) is 25.2. The van der Waals surface area contributed by atoms with Gasteiger partial charge in [0.25, 0.3) is 0 Å². The van der Waals surface area contributed by atoms with E-state index in [-0.39, 0.29) is 6.03 Å². The van der Waals surface area contributed by atoms with Gasteiger partial charge in [-0.3, -0.25) is 0 Å². The summed E-state index contributed by atoms with van der Waals surface area (Å²) in [5, 5.41) is 3.88. The zero-order valence-corrected chi connectivity index (χ0v) is 11.5. The average molecular weight is 244 g/mol. The van der Waals surface area contributed by atoms with Gasteiger partial charge in [0.1, 0.15) is 0 Å². The van der Waals surface area contributed by atoms with Crippen LogP contribution in [0.3, 0.4) is 0 Å². The Morgan fingerprint density at radius 1 is 1.44 bits per heavy atom. The first-order valence-electron chi connectivity index (χ1n) is 6.30. The van der Waals surface area contributed by atoms with Crippen LogP contribution in [0.5, 0.6) is 0 Å². The van der Waals surface area contributed by atoms with Gasteiger partial charge in [0.15, 0.2) is 0 Å². The van der Waals surface area contributed by atoms with Crippen LogP contribution in [0.1, 0.15) is 39.5 Å². The Morgan fingerprint density at radius 2 is 2.19 bits per heavy atom. The summed E-state index contributed by atoms with van der Waals surface area (Å²) in [6.07, 6.45) is 4.85. The lowest BCUT2D eigenvalue weighted by Crippen LogP contribution is -2.45. The minimum Gasteiger partial charge on any atom is -0.335 e. The van der Waals surface area contributed by atoms with Crippen molar-refractivity contribution < 1.29 is 4.79 Å². The molecule has 1 N–H and O–H groups in total. The van der Waals surface area contributed by atoms with E-state index in [4.69, 9.17) is 0 Å². The summed E-state index contributed by atoms with van der Waals surface area (Å²) in [7, 11) is 1.84. The second kappa shape index (κ2) is 7.05. The van der Waals surface area contributed by atoms with Crippen molar-refractivity contribution >= 4 is 17.8 Å². The number of nitrogens with one attached hydrogen (secondary N) is 1. The van der Waals surface area contributed by atoms with Crippen molar-refractivity contribution in [2.75, 3.05) is 19.3 Å². The van der Waals surface area contributed by atoms with E-state index < -0.39 is 0 Å². The minimum atomic E-state index is 0.0784.